The van der Waals surface area contributed by atoms with Gasteiger partial charge in [0.25, 0.3) is 5.91 Å². The Kier molecular flexibility index (Phi) is 2.97. The number of amides is 1. The fourth-order valence-electron chi connectivity index (χ4n) is 2.24. The van der Waals surface area contributed by atoms with Gasteiger partial charge in [0.1, 0.15) is 5.01 Å². The van der Waals surface area contributed by atoms with Crippen LogP contribution in [0.3, 0.4) is 0 Å². The van der Waals surface area contributed by atoms with Crippen molar-refractivity contribution in [1.82, 2.24) is 19.9 Å². The van der Waals surface area contributed by atoms with Crippen LogP contribution < -0.4 is 14.8 Å². The van der Waals surface area contributed by atoms with E-state index in [1.54, 1.807) is 22.7 Å². The first-order chi connectivity index (χ1) is 10.7. The minimum absolute atomic E-state index is 0.182. The Labute approximate surface area is 129 Å². The van der Waals surface area contributed by atoms with Crippen molar-refractivity contribution >= 4 is 22.2 Å². The number of hydrogen-bond acceptors (Lipinski definition) is 6. The van der Waals surface area contributed by atoms with Crippen LogP contribution in [-0.2, 0) is 6.54 Å². The van der Waals surface area contributed by atoms with Crippen molar-refractivity contribution < 1.29 is 14.3 Å². The van der Waals surface area contributed by atoms with Gasteiger partial charge in [-0.05, 0) is 25.1 Å². The van der Waals surface area contributed by atoms with Crippen LogP contribution in [0, 0.1) is 6.92 Å². The van der Waals surface area contributed by atoms with Crippen molar-refractivity contribution in [3.63, 3.8) is 0 Å². The first-order valence-electron chi connectivity index (χ1n) is 6.68. The molecule has 0 bridgehead atoms. The maximum Gasteiger partial charge on any atom is 0.251 e. The molecule has 7 nitrogen and oxygen atoms in total. The minimum Gasteiger partial charge on any atom is -0.454 e. The molecule has 1 aliphatic rings. The first-order valence-corrected chi connectivity index (χ1v) is 7.50. The molecular weight excluding hydrogens is 304 g/mol. The molecule has 0 unspecified atom stereocenters. The lowest BCUT2D eigenvalue weighted by atomic mass is 10.2. The summed E-state index contributed by atoms with van der Waals surface area (Å²) >= 11 is 1.51. The summed E-state index contributed by atoms with van der Waals surface area (Å²) in [7, 11) is 0. The summed E-state index contributed by atoms with van der Waals surface area (Å²) in [5, 5.41) is 8.08. The molecule has 1 aromatic carbocycles. The molecule has 0 atom stereocenters. The Morgan fingerprint density at radius 1 is 1.41 bits per heavy atom. The van der Waals surface area contributed by atoms with Crippen LogP contribution in [0.25, 0.3) is 4.96 Å². The SMILES string of the molecule is Cc1nn2cc(CNC(=O)c3ccc4c(c3)OCO4)nc2s1. The molecule has 0 saturated heterocycles. The molecule has 1 N–H and O–H groups in total. The normalized spacial score (nSPS) is 12.8. The molecule has 0 fully saturated rings. The zero-order valence-corrected chi connectivity index (χ0v) is 12.5. The predicted octanol–water partition coefficient (Wildman–Crippen LogP) is 1.76. The average molecular weight is 316 g/mol. The topological polar surface area (TPSA) is 77.8 Å². The second-order valence-corrected chi connectivity index (χ2v) is 5.99. The van der Waals surface area contributed by atoms with Crippen molar-refractivity contribution in [2.45, 2.75) is 13.5 Å². The number of fused-ring (bicyclic) bond motifs is 2. The van der Waals surface area contributed by atoms with E-state index < -0.39 is 0 Å². The third-order valence-corrected chi connectivity index (χ3v) is 4.10. The average Bonchev–Trinajstić information content (AvgIpc) is 3.17. The Hall–Kier alpha value is -2.61. The molecule has 112 valence electrons. The third-order valence-electron chi connectivity index (χ3n) is 3.26. The van der Waals surface area contributed by atoms with E-state index in [9.17, 15) is 4.79 Å². The van der Waals surface area contributed by atoms with Crippen LogP contribution in [0.15, 0.2) is 24.4 Å². The summed E-state index contributed by atoms with van der Waals surface area (Å²) in [6.45, 7) is 2.47. The smallest absolute Gasteiger partial charge is 0.251 e. The molecule has 2 aromatic heterocycles. The summed E-state index contributed by atoms with van der Waals surface area (Å²) < 4.78 is 12.2. The van der Waals surface area contributed by atoms with Gasteiger partial charge in [0.15, 0.2) is 11.5 Å². The lowest BCUT2D eigenvalue weighted by Crippen LogP contribution is -2.22. The third kappa shape index (κ3) is 2.27. The summed E-state index contributed by atoms with van der Waals surface area (Å²) in [6, 6.07) is 5.12. The Balaban J connectivity index is 1.46. The number of aryl methyl sites for hydroxylation is 1. The zero-order chi connectivity index (χ0) is 15.1. The van der Waals surface area contributed by atoms with Crippen molar-refractivity contribution in [3.8, 4) is 11.5 Å². The maximum absolute atomic E-state index is 12.2. The largest absolute Gasteiger partial charge is 0.454 e. The molecule has 3 heterocycles. The molecule has 22 heavy (non-hydrogen) atoms. The monoisotopic (exact) mass is 316 g/mol. The molecule has 0 saturated carbocycles. The fourth-order valence-corrected chi connectivity index (χ4v) is 2.98. The van der Waals surface area contributed by atoms with Crippen LogP contribution in [0.2, 0.25) is 0 Å². The van der Waals surface area contributed by atoms with Gasteiger partial charge in [-0.15, -0.1) is 0 Å². The highest BCUT2D eigenvalue weighted by Gasteiger charge is 2.16. The van der Waals surface area contributed by atoms with E-state index in [1.807, 2.05) is 13.1 Å². The summed E-state index contributed by atoms with van der Waals surface area (Å²) in [5.41, 5.74) is 1.30. The highest BCUT2D eigenvalue weighted by molar-refractivity contribution is 7.16. The van der Waals surface area contributed by atoms with E-state index >= 15 is 0 Å². The van der Waals surface area contributed by atoms with Gasteiger partial charge >= 0.3 is 0 Å². The van der Waals surface area contributed by atoms with Crippen LogP contribution >= 0.6 is 11.3 Å². The number of ether oxygens (including phenoxy) is 2. The van der Waals surface area contributed by atoms with Crippen molar-refractivity contribution in [2.75, 3.05) is 6.79 Å². The van der Waals surface area contributed by atoms with Gasteiger partial charge < -0.3 is 14.8 Å². The molecule has 1 amide bonds. The molecule has 0 radical (unpaired) electrons. The fraction of sp³-hybridized carbons (Fsp3) is 0.214. The summed E-state index contributed by atoms with van der Waals surface area (Å²) in [4.78, 5) is 17.4. The maximum atomic E-state index is 12.2. The van der Waals surface area contributed by atoms with Crippen molar-refractivity contribution in [3.05, 3.63) is 40.7 Å². The van der Waals surface area contributed by atoms with Gasteiger partial charge in [-0.25, -0.2) is 9.50 Å². The Bertz CT molecular complexity index is 839. The number of rotatable bonds is 3. The lowest BCUT2D eigenvalue weighted by molar-refractivity contribution is 0.0950. The van der Waals surface area contributed by atoms with Crippen LogP contribution in [0.4, 0.5) is 0 Å². The number of aromatic nitrogens is 3. The lowest BCUT2D eigenvalue weighted by Gasteiger charge is -2.04. The Morgan fingerprint density at radius 2 is 2.27 bits per heavy atom. The van der Waals surface area contributed by atoms with E-state index in [-0.39, 0.29) is 12.7 Å². The van der Waals surface area contributed by atoms with Crippen LogP contribution in [-0.4, -0.2) is 27.3 Å². The van der Waals surface area contributed by atoms with Gasteiger partial charge in [-0.1, -0.05) is 11.3 Å². The van der Waals surface area contributed by atoms with E-state index in [0.717, 1.165) is 15.7 Å². The van der Waals surface area contributed by atoms with Crippen LogP contribution in [0.5, 0.6) is 11.5 Å². The molecule has 4 rings (SSSR count). The molecule has 8 heteroatoms. The predicted molar refractivity (Wildman–Crippen MR) is 79.3 cm³/mol. The highest BCUT2D eigenvalue weighted by Crippen LogP contribution is 2.32. The number of benzene rings is 1. The molecule has 1 aliphatic heterocycles. The van der Waals surface area contributed by atoms with Gasteiger partial charge in [-0.2, -0.15) is 5.10 Å². The number of hydrogen-bond donors (Lipinski definition) is 1. The summed E-state index contributed by atoms with van der Waals surface area (Å²) in [6.07, 6.45) is 1.82. The van der Waals surface area contributed by atoms with Crippen molar-refractivity contribution in [1.29, 1.82) is 0 Å². The minimum atomic E-state index is -0.182. The highest BCUT2D eigenvalue weighted by atomic mass is 32.1. The zero-order valence-electron chi connectivity index (χ0n) is 11.7. The number of carbonyl (C=O) groups is 1. The van der Waals surface area contributed by atoms with Gasteiger partial charge in [0.05, 0.1) is 18.4 Å². The first kappa shape index (κ1) is 13.1. The van der Waals surface area contributed by atoms with E-state index in [1.165, 1.54) is 11.3 Å². The summed E-state index contributed by atoms with van der Waals surface area (Å²) in [5.74, 6) is 1.07. The molecular formula is C14H12N4O3S. The van der Waals surface area contributed by atoms with E-state index in [0.29, 0.717) is 23.6 Å². The standard InChI is InChI=1S/C14H12N4O3S/c1-8-17-18-6-10(16-14(18)22-8)5-15-13(19)9-2-3-11-12(4-9)21-7-20-11/h2-4,6H,5,7H2,1H3,(H,15,19). The number of carbonyl (C=O) groups excluding carboxylic acids is 1. The van der Waals surface area contributed by atoms with Gasteiger partial charge in [0, 0.05) is 5.56 Å². The van der Waals surface area contributed by atoms with Gasteiger partial charge in [-0.3, -0.25) is 4.79 Å². The Morgan fingerprint density at radius 3 is 3.14 bits per heavy atom. The van der Waals surface area contributed by atoms with Crippen molar-refractivity contribution in [2.24, 2.45) is 0 Å². The van der Waals surface area contributed by atoms with E-state index in [2.05, 4.69) is 15.4 Å². The van der Waals surface area contributed by atoms with Gasteiger partial charge in [0.2, 0.25) is 11.8 Å². The quantitative estimate of drug-likeness (QED) is 0.796. The second kappa shape index (κ2) is 4.99. The molecule has 3 aromatic rings. The second-order valence-electron chi connectivity index (χ2n) is 4.83. The number of nitrogens with zero attached hydrogens (tertiary/aromatic N) is 3. The number of imidazole rings is 1. The molecule has 0 spiro atoms. The molecule has 0 aliphatic carbocycles. The van der Waals surface area contributed by atoms with Crippen LogP contribution in [0.1, 0.15) is 21.1 Å². The number of nitrogens with one attached hydrogen (secondary N) is 1. The van der Waals surface area contributed by atoms with E-state index in [4.69, 9.17) is 9.47 Å².